The molecule has 0 unspecified atom stereocenters. The van der Waals surface area contributed by atoms with Crippen LogP contribution in [0.25, 0.3) is 0 Å². The van der Waals surface area contributed by atoms with Crippen molar-refractivity contribution in [1.29, 1.82) is 0 Å². The molecule has 1 aliphatic heterocycles. The number of para-hydroxylation sites is 1. The summed E-state index contributed by atoms with van der Waals surface area (Å²) in [5.74, 6) is 0. The maximum absolute atomic E-state index is 10.9. The van der Waals surface area contributed by atoms with Crippen LogP contribution in [0.1, 0.15) is 15.9 Å². The SMILES string of the molecule is Cc1cc(N2CCN(c3ccccc3)CC2)ccc1C=O. The number of anilines is 2. The molecule has 1 fully saturated rings. The fourth-order valence-electron chi connectivity index (χ4n) is 2.85. The highest BCUT2D eigenvalue weighted by Gasteiger charge is 2.17. The van der Waals surface area contributed by atoms with Crippen LogP contribution in [-0.4, -0.2) is 32.5 Å². The molecule has 21 heavy (non-hydrogen) atoms. The minimum atomic E-state index is 0.779. The number of carbonyl (C=O) groups is 1. The van der Waals surface area contributed by atoms with Gasteiger partial charge in [0, 0.05) is 43.1 Å². The Morgan fingerprint density at radius 3 is 2.05 bits per heavy atom. The van der Waals surface area contributed by atoms with Gasteiger partial charge in [-0.1, -0.05) is 18.2 Å². The third-order valence-electron chi connectivity index (χ3n) is 4.15. The van der Waals surface area contributed by atoms with E-state index in [-0.39, 0.29) is 0 Å². The van der Waals surface area contributed by atoms with Crippen LogP contribution in [-0.2, 0) is 0 Å². The minimum Gasteiger partial charge on any atom is -0.368 e. The molecular formula is C18H20N2O. The summed E-state index contributed by atoms with van der Waals surface area (Å²) in [5, 5.41) is 0. The highest BCUT2D eigenvalue weighted by Crippen LogP contribution is 2.22. The van der Waals surface area contributed by atoms with Gasteiger partial charge < -0.3 is 9.80 Å². The Morgan fingerprint density at radius 1 is 0.857 bits per heavy atom. The molecule has 2 aromatic carbocycles. The standard InChI is InChI=1S/C18H20N2O/c1-15-13-18(8-7-16(15)14-21)20-11-9-19(10-12-20)17-5-3-2-4-6-17/h2-8,13-14H,9-12H2,1H3. The number of carbonyl (C=O) groups excluding carboxylic acids is 1. The van der Waals surface area contributed by atoms with Crippen molar-refractivity contribution >= 4 is 17.7 Å². The largest absolute Gasteiger partial charge is 0.368 e. The molecule has 0 spiro atoms. The molecule has 108 valence electrons. The fourth-order valence-corrected chi connectivity index (χ4v) is 2.85. The Morgan fingerprint density at radius 2 is 1.48 bits per heavy atom. The van der Waals surface area contributed by atoms with Crippen LogP contribution in [0.4, 0.5) is 11.4 Å². The maximum atomic E-state index is 10.9. The fraction of sp³-hybridized carbons (Fsp3) is 0.278. The molecule has 2 aromatic rings. The van der Waals surface area contributed by atoms with Gasteiger partial charge in [-0.25, -0.2) is 0 Å². The lowest BCUT2D eigenvalue weighted by atomic mass is 10.1. The molecule has 0 aliphatic carbocycles. The zero-order valence-electron chi connectivity index (χ0n) is 12.3. The van der Waals surface area contributed by atoms with E-state index in [4.69, 9.17) is 0 Å². The molecule has 1 aliphatic rings. The molecule has 0 amide bonds. The number of benzene rings is 2. The maximum Gasteiger partial charge on any atom is 0.150 e. The normalized spacial score (nSPS) is 15.1. The van der Waals surface area contributed by atoms with Crippen LogP contribution in [0.2, 0.25) is 0 Å². The van der Waals surface area contributed by atoms with Gasteiger partial charge in [0.1, 0.15) is 6.29 Å². The second kappa shape index (κ2) is 6.00. The lowest BCUT2D eigenvalue weighted by Crippen LogP contribution is -2.46. The molecule has 3 rings (SSSR count). The Labute approximate surface area is 125 Å². The third-order valence-corrected chi connectivity index (χ3v) is 4.15. The van der Waals surface area contributed by atoms with E-state index in [9.17, 15) is 4.79 Å². The van der Waals surface area contributed by atoms with Crippen molar-refractivity contribution in [3.8, 4) is 0 Å². The predicted octanol–water partition coefficient (Wildman–Crippen LogP) is 3.13. The van der Waals surface area contributed by atoms with Gasteiger partial charge in [-0.3, -0.25) is 4.79 Å². The second-order valence-electron chi connectivity index (χ2n) is 5.47. The summed E-state index contributed by atoms with van der Waals surface area (Å²) in [7, 11) is 0. The second-order valence-corrected chi connectivity index (χ2v) is 5.47. The molecule has 0 radical (unpaired) electrons. The van der Waals surface area contributed by atoms with Crippen molar-refractivity contribution in [3.05, 3.63) is 59.7 Å². The van der Waals surface area contributed by atoms with E-state index < -0.39 is 0 Å². The van der Waals surface area contributed by atoms with Crippen molar-refractivity contribution in [2.45, 2.75) is 6.92 Å². The van der Waals surface area contributed by atoms with Gasteiger partial charge in [0.25, 0.3) is 0 Å². The summed E-state index contributed by atoms with van der Waals surface area (Å²) in [6.45, 7) is 6.06. The summed E-state index contributed by atoms with van der Waals surface area (Å²) in [6, 6.07) is 16.6. The predicted molar refractivity (Wildman–Crippen MR) is 87.4 cm³/mol. The monoisotopic (exact) mass is 280 g/mol. The number of hydrogen-bond acceptors (Lipinski definition) is 3. The van der Waals surface area contributed by atoms with Crippen molar-refractivity contribution in [1.82, 2.24) is 0 Å². The van der Waals surface area contributed by atoms with E-state index in [2.05, 4.69) is 52.3 Å². The lowest BCUT2D eigenvalue weighted by molar-refractivity contribution is 0.112. The zero-order chi connectivity index (χ0) is 14.7. The van der Waals surface area contributed by atoms with Crippen LogP contribution in [0, 0.1) is 6.92 Å². The molecule has 0 aromatic heterocycles. The summed E-state index contributed by atoms with van der Waals surface area (Å²) >= 11 is 0. The van der Waals surface area contributed by atoms with E-state index in [1.165, 1.54) is 11.4 Å². The number of piperazine rings is 1. The summed E-state index contributed by atoms with van der Waals surface area (Å²) in [4.78, 5) is 15.7. The summed E-state index contributed by atoms with van der Waals surface area (Å²) in [5.41, 5.74) is 4.34. The van der Waals surface area contributed by atoms with Gasteiger partial charge in [0.2, 0.25) is 0 Å². The summed E-state index contributed by atoms with van der Waals surface area (Å²) in [6.07, 6.45) is 0.923. The molecule has 1 saturated heterocycles. The summed E-state index contributed by atoms with van der Waals surface area (Å²) < 4.78 is 0. The van der Waals surface area contributed by atoms with Gasteiger partial charge in [0.15, 0.2) is 0 Å². The Kier molecular flexibility index (Phi) is 3.91. The van der Waals surface area contributed by atoms with Gasteiger partial charge >= 0.3 is 0 Å². The molecule has 3 heteroatoms. The minimum absolute atomic E-state index is 0.779. The van der Waals surface area contributed by atoms with E-state index in [1.54, 1.807) is 0 Å². The average molecular weight is 280 g/mol. The smallest absolute Gasteiger partial charge is 0.150 e. The quantitative estimate of drug-likeness (QED) is 0.807. The Balaban J connectivity index is 1.68. The van der Waals surface area contributed by atoms with Crippen LogP contribution >= 0.6 is 0 Å². The first kappa shape index (κ1) is 13.7. The Bertz CT molecular complexity index is 616. The topological polar surface area (TPSA) is 23.6 Å². The van der Waals surface area contributed by atoms with E-state index >= 15 is 0 Å². The first-order valence-corrected chi connectivity index (χ1v) is 7.39. The Hall–Kier alpha value is -2.29. The van der Waals surface area contributed by atoms with Crippen molar-refractivity contribution in [2.24, 2.45) is 0 Å². The molecule has 3 nitrogen and oxygen atoms in total. The molecule has 0 N–H and O–H groups in total. The van der Waals surface area contributed by atoms with Gasteiger partial charge in [-0.05, 0) is 42.8 Å². The van der Waals surface area contributed by atoms with Crippen molar-refractivity contribution in [2.75, 3.05) is 36.0 Å². The van der Waals surface area contributed by atoms with Crippen LogP contribution in [0.5, 0.6) is 0 Å². The van der Waals surface area contributed by atoms with Crippen LogP contribution < -0.4 is 9.80 Å². The van der Waals surface area contributed by atoms with E-state index in [1.807, 2.05) is 13.0 Å². The van der Waals surface area contributed by atoms with Gasteiger partial charge in [0.05, 0.1) is 0 Å². The zero-order valence-corrected chi connectivity index (χ0v) is 12.3. The van der Waals surface area contributed by atoms with Gasteiger partial charge in [-0.2, -0.15) is 0 Å². The first-order valence-electron chi connectivity index (χ1n) is 7.39. The molecule has 0 saturated carbocycles. The molecule has 1 heterocycles. The third kappa shape index (κ3) is 2.92. The molecule has 0 atom stereocenters. The average Bonchev–Trinajstić information content (AvgIpc) is 2.56. The number of hydrogen-bond donors (Lipinski definition) is 0. The lowest BCUT2D eigenvalue weighted by Gasteiger charge is -2.37. The van der Waals surface area contributed by atoms with E-state index in [0.717, 1.165) is 43.6 Å². The number of aldehydes is 1. The molecule has 0 bridgehead atoms. The number of rotatable bonds is 3. The highest BCUT2D eigenvalue weighted by molar-refractivity contribution is 5.78. The van der Waals surface area contributed by atoms with Crippen LogP contribution in [0.15, 0.2) is 48.5 Å². The van der Waals surface area contributed by atoms with Crippen molar-refractivity contribution < 1.29 is 4.79 Å². The van der Waals surface area contributed by atoms with Crippen molar-refractivity contribution in [3.63, 3.8) is 0 Å². The highest BCUT2D eigenvalue weighted by atomic mass is 16.1. The number of aryl methyl sites for hydroxylation is 1. The molecular weight excluding hydrogens is 260 g/mol. The van der Waals surface area contributed by atoms with Crippen LogP contribution in [0.3, 0.4) is 0 Å². The van der Waals surface area contributed by atoms with Gasteiger partial charge in [-0.15, -0.1) is 0 Å². The van der Waals surface area contributed by atoms with E-state index in [0.29, 0.717) is 0 Å². The number of nitrogens with zero attached hydrogens (tertiary/aromatic N) is 2. The first-order chi connectivity index (χ1) is 10.3.